The molecule has 2 aliphatic rings. The van der Waals surface area contributed by atoms with Gasteiger partial charge < -0.3 is 10.8 Å². The van der Waals surface area contributed by atoms with Gasteiger partial charge in [-0.25, -0.2) is 0 Å². The van der Waals surface area contributed by atoms with E-state index < -0.39 is 0 Å². The maximum absolute atomic E-state index is 10.2. The van der Waals surface area contributed by atoms with Gasteiger partial charge in [0.25, 0.3) is 0 Å². The summed E-state index contributed by atoms with van der Waals surface area (Å²) in [5.74, 6) is 0. The number of aliphatic hydroxyl groups excluding tert-OH is 1. The van der Waals surface area contributed by atoms with Crippen molar-refractivity contribution in [1.82, 2.24) is 9.78 Å². The lowest BCUT2D eigenvalue weighted by molar-refractivity contribution is 0.0580. The highest BCUT2D eigenvalue weighted by Gasteiger charge is 2.41. The molecule has 1 aromatic heterocycles. The average molecular weight is 263 g/mol. The molecule has 2 aliphatic carbocycles. The zero-order valence-corrected chi connectivity index (χ0v) is 11.6. The Morgan fingerprint density at radius 2 is 2.11 bits per heavy atom. The average Bonchev–Trinajstić information content (AvgIpc) is 3.12. The quantitative estimate of drug-likeness (QED) is 0.873. The first-order valence-corrected chi connectivity index (χ1v) is 7.66. The van der Waals surface area contributed by atoms with Crippen molar-refractivity contribution >= 4 is 0 Å². The summed E-state index contributed by atoms with van der Waals surface area (Å²) in [6.45, 7) is 0.560. The minimum absolute atomic E-state index is 0.130. The van der Waals surface area contributed by atoms with Gasteiger partial charge in [-0.1, -0.05) is 19.3 Å². The van der Waals surface area contributed by atoms with Crippen molar-refractivity contribution in [3.8, 4) is 0 Å². The van der Waals surface area contributed by atoms with Gasteiger partial charge in [0.15, 0.2) is 0 Å². The molecule has 0 amide bonds. The van der Waals surface area contributed by atoms with E-state index in [1.54, 1.807) is 0 Å². The molecule has 0 bridgehead atoms. The van der Waals surface area contributed by atoms with Crippen molar-refractivity contribution in [2.45, 2.75) is 63.5 Å². The molecule has 0 aliphatic heterocycles. The fraction of sp³-hybridized carbons (Fsp3) is 0.800. The van der Waals surface area contributed by atoms with E-state index in [1.165, 1.54) is 25.7 Å². The predicted molar refractivity (Wildman–Crippen MR) is 74.8 cm³/mol. The van der Waals surface area contributed by atoms with Crippen LogP contribution in [0.1, 0.15) is 56.7 Å². The van der Waals surface area contributed by atoms with Gasteiger partial charge in [-0.05, 0) is 31.7 Å². The standard InChI is InChI=1S/C15H25N3O/c16-11-15(8-3-6-14(15)19)10-12-7-9-18(17-12)13-4-1-2-5-13/h7,9,13-14,19H,1-6,8,10-11,16H2. The van der Waals surface area contributed by atoms with Gasteiger partial charge in [0.05, 0.1) is 17.8 Å². The minimum Gasteiger partial charge on any atom is -0.392 e. The lowest BCUT2D eigenvalue weighted by atomic mass is 9.80. The highest BCUT2D eigenvalue weighted by atomic mass is 16.3. The summed E-state index contributed by atoms with van der Waals surface area (Å²) in [4.78, 5) is 0. The lowest BCUT2D eigenvalue weighted by Crippen LogP contribution is -2.39. The second-order valence-corrected chi connectivity index (χ2v) is 6.38. The van der Waals surface area contributed by atoms with Crippen molar-refractivity contribution in [3.63, 3.8) is 0 Å². The molecule has 0 spiro atoms. The summed E-state index contributed by atoms with van der Waals surface area (Å²) in [5.41, 5.74) is 6.91. The first kappa shape index (κ1) is 13.1. The minimum atomic E-state index is -0.255. The number of aromatic nitrogens is 2. The molecular formula is C15H25N3O. The maximum atomic E-state index is 10.2. The van der Waals surface area contributed by atoms with Crippen LogP contribution in [0.2, 0.25) is 0 Å². The fourth-order valence-corrected chi connectivity index (χ4v) is 3.84. The molecule has 2 unspecified atom stereocenters. The third-order valence-electron chi connectivity index (χ3n) is 5.16. The largest absolute Gasteiger partial charge is 0.392 e. The van der Waals surface area contributed by atoms with Crippen LogP contribution in [0.5, 0.6) is 0 Å². The van der Waals surface area contributed by atoms with Crippen molar-refractivity contribution in [2.24, 2.45) is 11.1 Å². The van der Waals surface area contributed by atoms with Gasteiger partial charge in [-0.2, -0.15) is 5.10 Å². The lowest BCUT2D eigenvalue weighted by Gasteiger charge is -2.30. The number of nitrogens with two attached hydrogens (primary N) is 1. The molecule has 0 radical (unpaired) electrons. The second kappa shape index (κ2) is 5.25. The van der Waals surface area contributed by atoms with E-state index >= 15 is 0 Å². The summed E-state index contributed by atoms with van der Waals surface area (Å²) in [6.07, 6.45) is 10.8. The monoisotopic (exact) mass is 263 g/mol. The molecular weight excluding hydrogens is 238 g/mol. The first-order chi connectivity index (χ1) is 9.23. The van der Waals surface area contributed by atoms with Crippen LogP contribution in [0.4, 0.5) is 0 Å². The highest BCUT2D eigenvalue weighted by Crippen LogP contribution is 2.40. The number of nitrogens with zero attached hydrogens (tertiary/aromatic N) is 2. The van der Waals surface area contributed by atoms with Crippen LogP contribution in [-0.4, -0.2) is 27.5 Å². The Labute approximate surface area is 115 Å². The van der Waals surface area contributed by atoms with Crippen molar-refractivity contribution in [2.75, 3.05) is 6.54 Å². The Hall–Kier alpha value is -0.870. The SMILES string of the molecule is NCC1(Cc2ccn(C3CCCC3)n2)CCCC1O. The number of hydrogen-bond donors (Lipinski definition) is 2. The molecule has 4 heteroatoms. The zero-order valence-electron chi connectivity index (χ0n) is 11.6. The Bertz CT molecular complexity index is 425. The summed E-state index contributed by atoms with van der Waals surface area (Å²) < 4.78 is 2.13. The molecule has 1 heterocycles. The van der Waals surface area contributed by atoms with E-state index in [1.807, 2.05) is 0 Å². The molecule has 3 rings (SSSR count). The van der Waals surface area contributed by atoms with E-state index in [0.717, 1.165) is 31.4 Å². The Morgan fingerprint density at radius 1 is 1.32 bits per heavy atom. The molecule has 0 aromatic carbocycles. The highest BCUT2D eigenvalue weighted by molar-refractivity contribution is 5.08. The van der Waals surface area contributed by atoms with Crippen LogP contribution in [0.15, 0.2) is 12.3 Å². The Morgan fingerprint density at radius 3 is 2.74 bits per heavy atom. The zero-order chi connectivity index (χ0) is 13.3. The summed E-state index contributed by atoms with van der Waals surface area (Å²) in [6, 6.07) is 2.71. The fourth-order valence-electron chi connectivity index (χ4n) is 3.84. The molecule has 2 saturated carbocycles. The van der Waals surface area contributed by atoms with E-state index in [2.05, 4.69) is 16.9 Å². The van der Waals surface area contributed by atoms with Crippen LogP contribution in [-0.2, 0) is 6.42 Å². The summed E-state index contributed by atoms with van der Waals surface area (Å²) in [7, 11) is 0. The third-order valence-corrected chi connectivity index (χ3v) is 5.16. The van der Waals surface area contributed by atoms with Crippen LogP contribution in [0, 0.1) is 5.41 Å². The normalized spacial score (nSPS) is 32.2. The molecule has 2 fully saturated rings. The number of rotatable bonds is 4. The number of aliphatic hydroxyl groups is 1. The van der Waals surface area contributed by atoms with Crippen LogP contribution < -0.4 is 5.73 Å². The molecule has 0 saturated heterocycles. The van der Waals surface area contributed by atoms with Crippen molar-refractivity contribution in [1.29, 1.82) is 0 Å². The van der Waals surface area contributed by atoms with Crippen molar-refractivity contribution in [3.05, 3.63) is 18.0 Å². The molecule has 2 atom stereocenters. The van der Waals surface area contributed by atoms with Gasteiger partial charge in [0.1, 0.15) is 0 Å². The summed E-state index contributed by atoms with van der Waals surface area (Å²) in [5, 5.41) is 14.9. The van der Waals surface area contributed by atoms with Gasteiger partial charge >= 0.3 is 0 Å². The smallest absolute Gasteiger partial charge is 0.0631 e. The van der Waals surface area contributed by atoms with E-state index in [0.29, 0.717) is 12.6 Å². The van der Waals surface area contributed by atoms with Gasteiger partial charge in [-0.15, -0.1) is 0 Å². The summed E-state index contributed by atoms with van der Waals surface area (Å²) >= 11 is 0. The molecule has 19 heavy (non-hydrogen) atoms. The molecule has 3 N–H and O–H groups in total. The van der Waals surface area contributed by atoms with E-state index in [9.17, 15) is 5.11 Å². The van der Waals surface area contributed by atoms with Gasteiger partial charge in [-0.3, -0.25) is 4.68 Å². The molecule has 4 nitrogen and oxygen atoms in total. The maximum Gasteiger partial charge on any atom is 0.0631 e. The Kier molecular flexibility index (Phi) is 3.63. The third kappa shape index (κ3) is 2.43. The Balaban J connectivity index is 1.72. The van der Waals surface area contributed by atoms with Crippen LogP contribution >= 0.6 is 0 Å². The van der Waals surface area contributed by atoms with Gasteiger partial charge in [0.2, 0.25) is 0 Å². The molecule has 1 aromatic rings. The topological polar surface area (TPSA) is 64.1 Å². The van der Waals surface area contributed by atoms with Crippen molar-refractivity contribution < 1.29 is 5.11 Å². The second-order valence-electron chi connectivity index (χ2n) is 6.38. The van der Waals surface area contributed by atoms with Gasteiger partial charge in [0, 0.05) is 24.6 Å². The predicted octanol–water partition coefficient (Wildman–Crippen LogP) is 2.03. The van der Waals surface area contributed by atoms with Crippen LogP contribution in [0.3, 0.4) is 0 Å². The van der Waals surface area contributed by atoms with Crippen LogP contribution in [0.25, 0.3) is 0 Å². The van der Waals surface area contributed by atoms with E-state index in [-0.39, 0.29) is 11.5 Å². The molecule has 106 valence electrons. The van der Waals surface area contributed by atoms with E-state index in [4.69, 9.17) is 10.8 Å². The number of hydrogen-bond acceptors (Lipinski definition) is 3. The first-order valence-electron chi connectivity index (χ1n) is 7.66.